The van der Waals surface area contributed by atoms with Gasteiger partial charge in [0.05, 0.1) is 0 Å². The van der Waals surface area contributed by atoms with Gasteiger partial charge in [0, 0.05) is 0 Å². The Hall–Kier alpha value is 1.59. The van der Waals surface area contributed by atoms with Crippen molar-refractivity contribution in [3.05, 3.63) is 0 Å². The minimum absolute atomic E-state index is 0. The molecule has 0 aromatic carbocycles. The molecule has 0 amide bonds. The third kappa shape index (κ3) is 46.6. The Morgan fingerprint density at radius 1 is 1.17 bits per heavy atom. The summed E-state index contributed by atoms with van der Waals surface area (Å²) in [6.07, 6.45) is 0. The molecule has 4 nitrogen and oxygen atoms in total. The second-order valence-corrected chi connectivity index (χ2v) is 2.32. The predicted molar refractivity (Wildman–Crippen MR) is 6.44 cm³/mol. The first-order valence-electron chi connectivity index (χ1n) is 0.730. The van der Waals surface area contributed by atoms with Crippen molar-refractivity contribution in [1.29, 1.82) is 0 Å². The fraction of sp³-hybridized carbons (Fsp3) is 0. The SMILES string of the molecule is O=[As]([O-])([O-])[O-].[Nd+3]. The van der Waals surface area contributed by atoms with Crippen LogP contribution < -0.4 is 12.3 Å². The third-order valence-electron chi connectivity index (χ3n) is 0. The summed E-state index contributed by atoms with van der Waals surface area (Å²) in [6.45, 7) is 0. The van der Waals surface area contributed by atoms with E-state index >= 15 is 0 Å². The summed E-state index contributed by atoms with van der Waals surface area (Å²) in [6, 6.07) is 0. The van der Waals surface area contributed by atoms with Crippen LogP contribution in [0.15, 0.2) is 0 Å². The number of hydrogen-bond donors (Lipinski definition) is 0. The van der Waals surface area contributed by atoms with Crippen LogP contribution in [0.3, 0.4) is 0 Å². The molecule has 0 aromatic rings. The Kier molecular flexibility index (Phi) is 6.28. The van der Waals surface area contributed by atoms with Gasteiger partial charge in [-0.25, -0.2) is 0 Å². The zero-order chi connectivity index (χ0) is 4.50. The van der Waals surface area contributed by atoms with Gasteiger partial charge in [0.2, 0.25) is 0 Å². The van der Waals surface area contributed by atoms with Gasteiger partial charge in [-0.05, 0) is 0 Å². The van der Waals surface area contributed by atoms with Crippen molar-refractivity contribution < 1.29 is 56.9 Å². The molecule has 0 aromatic heterocycles. The fourth-order valence-corrected chi connectivity index (χ4v) is 0. The molecule has 0 unspecified atom stereocenters. The van der Waals surface area contributed by atoms with Crippen LogP contribution >= 0.6 is 0 Å². The van der Waals surface area contributed by atoms with Crippen molar-refractivity contribution >= 4 is 14.5 Å². The van der Waals surface area contributed by atoms with E-state index in [-0.39, 0.29) is 40.8 Å². The molecule has 0 rings (SSSR count). The Morgan fingerprint density at radius 2 is 1.17 bits per heavy atom. The minimum atomic E-state index is -5.88. The first-order chi connectivity index (χ1) is 2.00. The summed E-state index contributed by atoms with van der Waals surface area (Å²) in [5.74, 6) is 0. The van der Waals surface area contributed by atoms with Crippen molar-refractivity contribution in [2.75, 3.05) is 0 Å². The van der Waals surface area contributed by atoms with E-state index in [4.69, 9.17) is 16.0 Å². The van der Waals surface area contributed by atoms with E-state index in [1.165, 1.54) is 0 Å². The molecule has 0 atom stereocenters. The van der Waals surface area contributed by atoms with Crippen LogP contribution in [0, 0.1) is 40.8 Å². The largest absolute Gasteiger partial charge is 3.00 e. The van der Waals surface area contributed by atoms with E-state index in [1.54, 1.807) is 0 Å². The van der Waals surface area contributed by atoms with Crippen LogP contribution in [0.1, 0.15) is 0 Å². The van der Waals surface area contributed by atoms with Gasteiger partial charge in [-0.15, -0.1) is 0 Å². The molecule has 0 bridgehead atoms. The van der Waals surface area contributed by atoms with Crippen LogP contribution in [-0.2, 0) is 3.74 Å². The zero-order valence-corrected chi connectivity index (χ0v) is 7.66. The maximum atomic E-state index is 8.61. The van der Waals surface area contributed by atoms with Gasteiger partial charge in [-0.3, -0.25) is 0 Å². The second-order valence-electron chi connectivity index (χ2n) is 0.447. The summed E-state index contributed by atoms with van der Waals surface area (Å²) in [5, 5.41) is 0. The third-order valence-corrected chi connectivity index (χ3v) is 0. The van der Waals surface area contributed by atoms with Gasteiger partial charge in [-0.1, -0.05) is 0 Å². The van der Waals surface area contributed by atoms with Gasteiger partial charge >= 0.3 is 71.4 Å². The van der Waals surface area contributed by atoms with Gasteiger partial charge in [0.15, 0.2) is 0 Å². The Balaban J connectivity index is 0. The van der Waals surface area contributed by atoms with Crippen LogP contribution in [0.4, 0.5) is 0 Å². The fourth-order valence-electron chi connectivity index (χ4n) is 0. The molecule has 0 spiro atoms. The molecule has 0 aliphatic rings. The van der Waals surface area contributed by atoms with E-state index < -0.39 is 14.5 Å². The molecule has 0 fully saturated rings. The minimum Gasteiger partial charge on any atom is 3.00 e. The molecule has 0 N–H and O–H groups in total. The monoisotopic (exact) mass is 281 g/mol. The molecule has 0 heterocycles. The molecule has 0 saturated heterocycles. The van der Waals surface area contributed by atoms with Gasteiger partial charge in [0.25, 0.3) is 0 Å². The Bertz CT molecular complexity index is 53.7. The molecular weight excluding hydrogens is 283 g/mol. The number of rotatable bonds is 0. The van der Waals surface area contributed by atoms with Crippen molar-refractivity contribution in [3.8, 4) is 0 Å². The molecule has 33 valence electrons. The molecule has 1 radical (unpaired) electrons. The van der Waals surface area contributed by atoms with Gasteiger partial charge in [-0.2, -0.15) is 0 Å². The maximum absolute atomic E-state index is 8.61. The maximum Gasteiger partial charge on any atom is 3.00 e. The van der Waals surface area contributed by atoms with Crippen LogP contribution in [0.25, 0.3) is 0 Å². The van der Waals surface area contributed by atoms with Gasteiger partial charge in [0.1, 0.15) is 0 Å². The van der Waals surface area contributed by atoms with Crippen molar-refractivity contribution in [2.24, 2.45) is 0 Å². The van der Waals surface area contributed by atoms with Crippen LogP contribution in [-0.4, -0.2) is 14.5 Å². The second kappa shape index (κ2) is 3.57. The summed E-state index contributed by atoms with van der Waals surface area (Å²) >= 11 is -5.88. The van der Waals surface area contributed by atoms with Crippen molar-refractivity contribution in [3.63, 3.8) is 0 Å². The van der Waals surface area contributed by atoms with Crippen LogP contribution in [0.5, 0.6) is 0 Å². The van der Waals surface area contributed by atoms with E-state index in [9.17, 15) is 0 Å². The van der Waals surface area contributed by atoms with E-state index in [1.807, 2.05) is 0 Å². The van der Waals surface area contributed by atoms with Gasteiger partial charge < -0.3 is 0 Å². The van der Waals surface area contributed by atoms with E-state index in [2.05, 4.69) is 0 Å². The predicted octanol–water partition coefficient (Wildman–Crippen LogP) is -4.07. The summed E-state index contributed by atoms with van der Waals surface area (Å²) < 4.78 is 34.4. The van der Waals surface area contributed by atoms with Crippen molar-refractivity contribution in [2.45, 2.75) is 0 Å². The summed E-state index contributed by atoms with van der Waals surface area (Å²) in [4.78, 5) is 0. The Labute approximate surface area is 70.4 Å². The number of hydrogen-bond acceptors (Lipinski definition) is 4. The first-order valence-corrected chi connectivity index (χ1v) is 3.79. The normalized spacial score (nSPS) is 9.83. The van der Waals surface area contributed by atoms with Crippen LogP contribution in [0.2, 0.25) is 0 Å². The summed E-state index contributed by atoms with van der Waals surface area (Å²) in [7, 11) is 0. The van der Waals surface area contributed by atoms with E-state index in [0.29, 0.717) is 0 Å². The molecule has 0 aliphatic heterocycles. The Morgan fingerprint density at radius 3 is 1.17 bits per heavy atom. The molecule has 6 heteroatoms. The van der Waals surface area contributed by atoms with E-state index in [0.717, 1.165) is 0 Å². The smallest absolute Gasteiger partial charge is 3.00 e. The summed E-state index contributed by atoms with van der Waals surface area (Å²) in [5.41, 5.74) is 0. The zero-order valence-electron chi connectivity index (χ0n) is 2.58. The molecule has 6 heavy (non-hydrogen) atoms. The average Bonchev–Trinajstić information content (AvgIpc) is 0.722. The molecule has 0 saturated carbocycles. The molecule has 0 aliphatic carbocycles. The molecular formula is AsNdO4. The standard InChI is InChI=1S/AsH3O4.Nd/c2-1(3,4)5;/h(H3,2,3,4,5);/q;+3/p-3. The topological polar surface area (TPSA) is 86.2 Å². The van der Waals surface area contributed by atoms with Crippen molar-refractivity contribution in [1.82, 2.24) is 0 Å². The first kappa shape index (κ1) is 10.5. The quantitative estimate of drug-likeness (QED) is 0.423. The average molecular weight is 283 g/mol.